The van der Waals surface area contributed by atoms with Crippen molar-refractivity contribution < 1.29 is 24.7 Å². The summed E-state index contributed by atoms with van der Waals surface area (Å²) in [5, 5.41) is 7.98. The maximum absolute atomic E-state index is 12.2. The van der Waals surface area contributed by atoms with E-state index in [1.807, 2.05) is 315 Å². The second kappa shape index (κ2) is 25.3. The second-order valence-electron chi connectivity index (χ2n) is 29.8. The van der Waals surface area contributed by atoms with E-state index in [-0.39, 0.29) is 117 Å². The molecular weight excluding hydrogens is 1350 g/mol. The van der Waals surface area contributed by atoms with Crippen LogP contribution in [0, 0.1) is 0 Å². The summed E-state index contributed by atoms with van der Waals surface area (Å²) >= 11 is 0. The van der Waals surface area contributed by atoms with E-state index in [9.17, 15) is 24.7 Å². The molecule has 0 saturated carbocycles. The molecule has 17 aromatic carbocycles. The van der Waals surface area contributed by atoms with Gasteiger partial charge in [0.15, 0.2) is 8.07 Å². The normalized spacial score (nSPS) is 14.7. The van der Waals surface area contributed by atoms with Gasteiger partial charge in [-0.1, -0.05) is 378 Å². The largest absolute Gasteiger partial charge is 0.310 e. The first-order valence-electron chi connectivity index (χ1n) is 46.5. The van der Waals surface area contributed by atoms with Gasteiger partial charge in [-0.15, -0.1) is 0 Å². The van der Waals surface area contributed by atoms with E-state index in [2.05, 4.69) is 0 Å². The topological polar surface area (TPSA) is 14.8 Å². The lowest BCUT2D eigenvalue weighted by Gasteiger charge is -2.38. The summed E-state index contributed by atoms with van der Waals surface area (Å²) in [6.45, 7) is 4.16. The van der Waals surface area contributed by atoms with Crippen molar-refractivity contribution in [1.82, 2.24) is 13.7 Å². The van der Waals surface area contributed by atoms with Crippen LogP contribution in [0.1, 0.15) is 51.0 Å². The Hall–Kier alpha value is -13.6. The molecule has 2 aliphatic heterocycles. The summed E-state index contributed by atoms with van der Waals surface area (Å²) in [5.74, 6) is 0. The molecule has 0 amide bonds. The molecule has 3 aromatic heterocycles. The summed E-state index contributed by atoms with van der Waals surface area (Å²) in [6, 6.07) is 81.6. The molecule has 0 spiro atoms. The highest BCUT2D eigenvalue weighted by atomic mass is 28.3. The number of nitrogens with zero attached hydrogens (tertiary/aromatic N) is 3. The lowest BCUT2D eigenvalue weighted by Crippen LogP contribution is -2.74. The monoisotopic (exact) mass is 1450 g/mol. The molecule has 111 heavy (non-hydrogen) atoms. The SMILES string of the molecule is [2H]c1c([2H])c([Si](c2ccccc2)(c2ccccc2)c2ccccc2)c([2H])c([2H])c1-c1c([2H])c2c3c(c1[2H])c1ccccc1c1ccccc1c1cccc(-c4ccccc4)c1n3-c1c([2H])c(C(C)(C)C)c([2H])c3c1B2c1c([2H])c([2H])c(-n2c4c([2H])c([2H])c([2H])c([2H])c4c4c([2H])c([2H])c([2H])c([2H])c42)c2c4ccccc4c4ccccc4c4cccc(-c5ccccc5)c4n-3c12. The van der Waals surface area contributed by atoms with Gasteiger partial charge in [0.05, 0.1) is 57.9 Å². The maximum atomic E-state index is 12.2. The molecule has 0 saturated heterocycles. The van der Waals surface area contributed by atoms with Gasteiger partial charge in [0.25, 0.3) is 6.71 Å². The highest BCUT2D eigenvalue weighted by molar-refractivity contribution is 7.20. The number of rotatable bonds is 8. The predicted molar refractivity (Wildman–Crippen MR) is 478 cm³/mol. The zero-order valence-electron chi connectivity index (χ0n) is 78.6. The van der Waals surface area contributed by atoms with Crippen LogP contribution >= 0.6 is 0 Å². The number of benzene rings is 17. The fraction of sp³-hybridized carbons (Fsp3) is 0.0377. The van der Waals surface area contributed by atoms with Crippen LogP contribution in [0.4, 0.5) is 0 Å². The summed E-state index contributed by atoms with van der Waals surface area (Å²) in [6.07, 6.45) is 0. The minimum absolute atomic E-state index is 0.0136. The van der Waals surface area contributed by atoms with Crippen LogP contribution in [-0.4, -0.2) is 28.5 Å². The Morgan fingerprint density at radius 3 is 1.14 bits per heavy atom. The molecule has 0 atom stereocenters. The average Bonchev–Trinajstić information content (AvgIpc) is 1.63. The molecule has 0 fully saturated rings. The summed E-state index contributed by atoms with van der Waals surface area (Å²) in [7, 11) is -4.01. The van der Waals surface area contributed by atoms with E-state index in [1.54, 1.807) is 0 Å². The first-order valence-corrected chi connectivity index (χ1v) is 39.5. The minimum Gasteiger partial charge on any atom is -0.310 e. The van der Waals surface area contributed by atoms with E-state index >= 15 is 0 Å². The molecule has 20 aromatic rings. The smallest absolute Gasteiger partial charge is 0.252 e. The van der Waals surface area contributed by atoms with Gasteiger partial charge in [-0.05, 0) is 150 Å². The van der Waals surface area contributed by atoms with Gasteiger partial charge < -0.3 is 13.7 Å². The zero-order chi connectivity index (χ0) is 89.3. The van der Waals surface area contributed by atoms with Crippen LogP contribution in [0.15, 0.2) is 394 Å². The Kier molecular flexibility index (Phi) is 11.1. The summed E-state index contributed by atoms with van der Waals surface area (Å²) in [4.78, 5) is 0. The molecule has 0 N–H and O–H groups in total. The first-order chi connectivity index (χ1) is 62.3. The van der Waals surface area contributed by atoms with Crippen LogP contribution in [-0.2, 0) is 5.41 Å². The molecule has 3 nitrogen and oxygen atoms in total. The third-order valence-corrected chi connectivity index (χ3v) is 27.4. The molecular formula is C106H74BN3Si. The Bertz CT molecular complexity index is 8370. The van der Waals surface area contributed by atoms with E-state index in [0.29, 0.717) is 76.2 Å². The molecule has 2 aliphatic rings. The minimum atomic E-state index is -4.01. The number of para-hydroxylation sites is 4. The van der Waals surface area contributed by atoms with Crippen molar-refractivity contribution in [2.45, 2.75) is 26.2 Å². The Morgan fingerprint density at radius 2 is 0.667 bits per heavy atom. The fourth-order valence-electron chi connectivity index (χ4n) is 18.0. The standard InChI is InChI=1S/C106H74BN3Si/c1-106(2,3)73-67-98-101-99(68-73)110-103-79(71-35-11-5-12-36-71)54-32-56-91(103)85-48-23-20-45-82(85)83-46-25-26-52-89(83)100-97(108-95-57-29-27-50-87(95)88-51-28-30-58-96(88)108)64-63-93(105(100)110)107(101)94-66-72(69-59-61-77(62-60-69)111(74-37-13-6-14-38-74,75-39-15-7-16-40-75)76-41-17-8-18-42-76)65-92-86-49-24-21-44-81(86)80-43-19-22-47-84(80)90-55-31-53-78(70-33-9-4-10-34-70)102(90)109(98)104(92)94/h4-68H,1-3H3/i27D,28D,29D,30D,50D,51D,57D,58D,59D,60D,61D,62D,63D,64D,65D,66D,67D,68D. The van der Waals surface area contributed by atoms with Crippen LogP contribution in [0.3, 0.4) is 0 Å². The van der Waals surface area contributed by atoms with Gasteiger partial charge in [0, 0.05) is 60.3 Å². The van der Waals surface area contributed by atoms with Crippen molar-refractivity contribution in [3.8, 4) is 50.4 Å². The van der Waals surface area contributed by atoms with Crippen molar-refractivity contribution in [3.05, 3.63) is 399 Å². The Balaban J connectivity index is 1.09. The number of fused-ring (bicyclic) bond motifs is 21. The van der Waals surface area contributed by atoms with Crippen LogP contribution in [0.5, 0.6) is 0 Å². The lowest BCUT2D eigenvalue weighted by molar-refractivity contribution is 0.589. The molecule has 0 aliphatic carbocycles. The molecule has 5 heterocycles. The molecule has 0 radical (unpaired) electrons. The van der Waals surface area contributed by atoms with E-state index in [1.165, 1.54) is 4.57 Å². The number of hydrogen-bond donors (Lipinski definition) is 0. The highest BCUT2D eigenvalue weighted by Gasteiger charge is 2.44. The zero-order valence-corrected chi connectivity index (χ0v) is 61.6. The van der Waals surface area contributed by atoms with Crippen LogP contribution in [0.2, 0.25) is 0 Å². The van der Waals surface area contributed by atoms with Crippen molar-refractivity contribution >= 4 is 160 Å². The third kappa shape index (κ3) is 9.72. The van der Waals surface area contributed by atoms with Gasteiger partial charge in [-0.25, -0.2) is 0 Å². The maximum Gasteiger partial charge on any atom is 0.252 e. The van der Waals surface area contributed by atoms with Gasteiger partial charge in [0.2, 0.25) is 0 Å². The lowest BCUT2D eigenvalue weighted by atomic mass is 9.34. The van der Waals surface area contributed by atoms with E-state index in [0.717, 1.165) is 26.5 Å². The number of aromatic nitrogens is 3. The number of hydrogen-bond acceptors (Lipinski definition) is 0. The first kappa shape index (κ1) is 48.7. The van der Waals surface area contributed by atoms with Gasteiger partial charge in [-0.2, -0.15) is 0 Å². The van der Waals surface area contributed by atoms with Gasteiger partial charge in [-0.3, -0.25) is 0 Å². The van der Waals surface area contributed by atoms with Crippen molar-refractivity contribution in [2.75, 3.05) is 0 Å². The van der Waals surface area contributed by atoms with Crippen LogP contribution in [0.25, 0.3) is 159 Å². The van der Waals surface area contributed by atoms with E-state index in [4.69, 9.17) is 0 Å². The molecule has 0 bridgehead atoms. The Labute approximate surface area is 671 Å². The summed E-state index contributed by atoms with van der Waals surface area (Å²) < 4.78 is 200. The van der Waals surface area contributed by atoms with Crippen molar-refractivity contribution in [3.63, 3.8) is 0 Å². The molecule has 0 unspecified atom stereocenters. The fourth-order valence-corrected chi connectivity index (χ4v) is 22.5. The second-order valence-corrected chi connectivity index (χ2v) is 33.5. The quantitative estimate of drug-likeness (QED) is 0.106. The molecule has 22 rings (SSSR count). The Morgan fingerprint density at radius 1 is 0.270 bits per heavy atom. The van der Waals surface area contributed by atoms with E-state index < -0.39 is 111 Å². The van der Waals surface area contributed by atoms with Gasteiger partial charge in [0.1, 0.15) is 0 Å². The van der Waals surface area contributed by atoms with Crippen molar-refractivity contribution in [2.24, 2.45) is 0 Å². The molecule has 5 heteroatoms. The molecule has 520 valence electrons. The van der Waals surface area contributed by atoms with Gasteiger partial charge >= 0.3 is 0 Å². The summed E-state index contributed by atoms with van der Waals surface area (Å²) in [5.41, 5.74) is 1.73. The average molecular weight is 1450 g/mol. The van der Waals surface area contributed by atoms with Crippen LogP contribution < -0.4 is 37.1 Å². The highest BCUT2D eigenvalue weighted by Crippen LogP contribution is 2.47. The predicted octanol–water partition coefficient (Wildman–Crippen LogP) is 22.7. The van der Waals surface area contributed by atoms with Crippen molar-refractivity contribution in [1.29, 1.82) is 0 Å². The third-order valence-electron chi connectivity index (χ3n) is 22.8.